The lowest BCUT2D eigenvalue weighted by Crippen LogP contribution is -2.17. The molecule has 2 rings (SSSR count). The Morgan fingerprint density at radius 1 is 1.41 bits per heavy atom. The Hall–Kier alpha value is -0.980. The van der Waals surface area contributed by atoms with E-state index in [4.69, 9.17) is 5.73 Å². The van der Waals surface area contributed by atoms with Crippen LogP contribution in [0.25, 0.3) is 0 Å². The average Bonchev–Trinajstić information content (AvgIpc) is 2.75. The lowest BCUT2D eigenvalue weighted by Gasteiger charge is -2.16. The van der Waals surface area contributed by atoms with Crippen LogP contribution in [0.5, 0.6) is 0 Å². The van der Waals surface area contributed by atoms with Crippen LogP contribution in [0.2, 0.25) is 0 Å². The molecule has 0 bridgehead atoms. The molecule has 0 amide bonds. The van der Waals surface area contributed by atoms with Gasteiger partial charge in [-0.3, -0.25) is 4.98 Å². The molecule has 2 N–H and O–H groups in total. The fraction of sp³-hybridized carbons (Fsp3) is 0.273. The fourth-order valence-electron chi connectivity index (χ4n) is 1.40. The molecule has 90 valence electrons. The van der Waals surface area contributed by atoms with E-state index in [-0.39, 0.29) is 0 Å². The molecule has 2 aromatic rings. The third-order valence-corrected chi connectivity index (χ3v) is 3.99. The average molecular weight is 313 g/mol. The molecule has 0 saturated heterocycles. The van der Waals surface area contributed by atoms with Crippen molar-refractivity contribution >= 4 is 33.1 Å². The van der Waals surface area contributed by atoms with Crippen molar-refractivity contribution in [2.75, 3.05) is 11.9 Å². The summed E-state index contributed by atoms with van der Waals surface area (Å²) in [7, 11) is 2.00. The number of nitrogens with zero attached hydrogens (tertiary/aromatic N) is 3. The summed E-state index contributed by atoms with van der Waals surface area (Å²) in [6, 6.07) is 2.11. The highest BCUT2D eigenvalue weighted by Gasteiger charge is 2.06. The highest BCUT2D eigenvalue weighted by atomic mass is 79.9. The van der Waals surface area contributed by atoms with Gasteiger partial charge in [-0.15, -0.1) is 11.3 Å². The summed E-state index contributed by atoms with van der Waals surface area (Å²) < 4.78 is 1.12. The second-order valence-corrected chi connectivity index (χ2v) is 5.57. The van der Waals surface area contributed by atoms with Crippen LogP contribution < -0.4 is 10.6 Å². The van der Waals surface area contributed by atoms with Gasteiger partial charge >= 0.3 is 0 Å². The van der Waals surface area contributed by atoms with E-state index in [1.54, 1.807) is 23.7 Å². The van der Waals surface area contributed by atoms with Crippen LogP contribution in [0.3, 0.4) is 0 Å². The van der Waals surface area contributed by atoms with Gasteiger partial charge in [0, 0.05) is 28.3 Å². The van der Waals surface area contributed by atoms with Crippen molar-refractivity contribution in [2.24, 2.45) is 5.73 Å². The van der Waals surface area contributed by atoms with Crippen LogP contribution in [0, 0.1) is 0 Å². The van der Waals surface area contributed by atoms with Gasteiger partial charge in [-0.25, -0.2) is 4.98 Å². The number of hydrogen-bond acceptors (Lipinski definition) is 5. The molecule has 0 unspecified atom stereocenters. The summed E-state index contributed by atoms with van der Waals surface area (Å²) in [5, 5.41) is 2.08. The maximum absolute atomic E-state index is 5.48. The lowest BCUT2D eigenvalue weighted by atomic mass is 10.4. The summed E-state index contributed by atoms with van der Waals surface area (Å²) in [5.41, 5.74) is 6.29. The second-order valence-electron chi connectivity index (χ2n) is 3.66. The number of hydrogen-bond donors (Lipinski definition) is 1. The molecule has 17 heavy (non-hydrogen) atoms. The largest absolute Gasteiger partial charge is 0.353 e. The summed E-state index contributed by atoms with van der Waals surface area (Å²) in [5.74, 6) is 0.853. The van der Waals surface area contributed by atoms with E-state index in [1.165, 1.54) is 4.88 Å². The molecule has 0 radical (unpaired) electrons. The smallest absolute Gasteiger partial charge is 0.147 e. The van der Waals surface area contributed by atoms with E-state index in [0.29, 0.717) is 6.54 Å². The number of thiophene rings is 1. The zero-order valence-electron chi connectivity index (χ0n) is 9.43. The van der Waals surface area contributed by atoms with E-state index < -0.39 is 0 Å². The molecule has 0 aliphatic rings. The fourth-order valence-corrected chi connectivity index (χ4v) is 2.91. The topological polar surface area (TPSA) is 55.0 Å². The first-order chi connectivity index (χ1) is 8.19. The quantitative estimate of drug-likeness (QED) is 0.942. The Kier molecular flexibility index (Phi) is 4.09. The molecule has 0 aromatic carbocycles. The maximum atomic E-state index is 5.48. The molecular formula is C11H13BrN4S. The Balaban J connectivity index is 2.06. The Bertz CT molecular complexity index is 482. The van der Waals surface area contributed by atoms with Gasteiger partial charge in [0.25, 0.3) is 0 Å². The minimum absolute atomic E-state index is 0.425. The highest BCUT2D eigenvalue weighted by molar-refractivity contribution is 9.10. The summed E-state index contributed by atoms with van der Waals surface area (Å²) in [4.78, 5) is 11.9. The van der Waals surface area contributed by atoms with E-state index in [1.807, 2.05) is 7.05 Å². The number of aromatic nitrogens is 2. The first kappa shape index (κ1) is 12.5. The van der Waals surface area contributed by atoms with E-state index in [9.17, 15) is 0 Å². The van der Waals surface area contributed by atoms with Crippen molar-refractivity contribution in [3.05, 3.63) is 38.9 Å². The summed E-state index contributed by atoms with van der Waals surface area (Å²) >= 11 is 5.17. The predicted molar refractivity (Wildman–Crippen MR) is 74.0 cm³/mol. The molecule has 0 fully saturated rings. The van der Waals surface area contributed by atoms with Gasteiger partial charge in [-0.1, -0.05) is 0 Å². The molecule has 6 heteroatoms. The van der Waals surface area contributed by atoms with E-state index in [0.717, 1.165) is 22.5 Å². The van der Waals surface area contributed by atoms with Crippen LogP contribution in [-0.4, -0.2) is 17.0 Å². The van der Waals surface area contributed by atoms with Crippen molar-refractivity contribution in [2.45, 2.75) is 13.1 Å². The Morgan fingerprint density at radius 2 is 2.24 bits per heavy atom. The monoisotopic (exact) mass is 312 g/mol. The SMILES string of the molecule is CN(Cc1cc(Br)cs1)c1cnc(CN)cn1. The number of nitrogens with two attached hydrogens (primary N) is 1. The summed E-state index contributed by atoms with van der Waals surface area (Å²) in [6.45, 7) is 1.25. The van der Waals surface area contributed by atoms with Crippen molar-refractivity contribution < 1.29 is 0 Å². The van der Waals surface area contributed by atoms with Gasteiger partial charge in [-0.2, -0.15) is 0 Å². The maximum Gasteiger partial charge on any atom is 0.147 e. The molecule has 2 aromatic heterocycles. The number of anilines is 1. The van der Waals surface area contributed by atoms with Crippen LogP contribution in [0.1, 0.15) is 10.6 Å². The molecule has 4 nitrogen and oxygen atoms in total. The van der Waals surface area contributed by atoms with E-state index >= 15 is 0 Å². The standard InChI is InChI=1S/C11H13BrN4S/c1-16(6-10-2-8(12)7-17-10)11-5-14-9(3-13)4-15-11/h2,4-5,7H,3,6,13H2,1H3. The third-order valence-electron chi connectivity index (χ3n) is 2.31. The highest BCUT2D eigenvalue weighted by Crippen LogP contribution is 2.22. The third kappa shape index (κ3) is 3.24. The van der Waals surface area contributed by atoms with Gasteiger partial charge in [0.15, 0.2) is 0 Å². The van der Waals surface area contributed by atoms with Gasteiger partial charge in [0.2, 0.25) is 0 Å². The minimum Gasteiger partial charge on any atom is -0.353 e. The molecule has 0 atom stereocenters. The molecule has 0 spiro atoms. The minimum atomic E-state index is 0.425. The van der Waals surface area contributed by atoms with Crippen LogP contribution in [0.15, 0.2) is 28.3 Å². The van der Waals surface area contributed by atoms with Crippen molar-refractivity contribution in [1.82, 2.24) is 9.97 Å². The zero-order valence-corrected chi connectivity index (χ0v) is 11.8. The van der Waals surface area contributed by atoms with Gasteiger partial charge in [-0.05, 0) is 22.0 Å². The first-order valence-electron chi connectivity index (χ1n) is 5.14. The Morgan fingerprint density at radius 3 is 2.76 bits per heavy atom. The van der Waals surface area contributed by atoms with Gasteiger partial charge in [0.1, 0.15) is 5.82 Å². The Labute approximate surface area is 113 Å². The van der Waals surface area contributed by atoms with Gasteiger partial charge in [0.05, 0.1) is 24.6 Å². The van der Waals surface area contributed by atoms with Crippen molar-refractivity contribution in [3.8, 4) is 0 Å². The first-order valence-corrected chi connectivity index (χ1v) is 6.81. The molecule has 0 saturated carbocycles. The molecule has 2 heterocycles. The van der Waals surface area contributed by atoms with Crippen LogP contribution in [0.4, 0.5) is 5.82 Å². The van der Waals surface area contributed by atoms with Gasteiger partial charge < -0.3 is 10.6 Å². The summed E-state index contributed by atoms with van der Waals surface area (Å²) in [6.07, 6.45) is 3.47. The number of halogens is 1. The predicted octanol–water partition coefficient (Wildman–Crippen LogP) is 2.40. The van der Waals surface area contributed by atoms with Crippen molar-refractivity contribution in [1.29, 1.82) is 0 Å². The van der Waals surface area contributed by atoms with Crippen LogP contribution in [-0.2, 0) is 13.1 Å². The van der Waals surface area contributed by atoms with Crippen LogP contribution >= 0.6 is 27.3 Å². The van der Waals surface area contributed by atoms with E-state index in [2.05, 4.69) is 42.2 Å². The number of rotatable bonds is 4. The second kappa shape index (κ2) is 5.57. The lowest BCUT2D eigenvalue weighted by molar-refractivity contribution is 0.883. The molecule has 0 aliphatic carbocycles. The molecular weight excluding hydrogens is 300 g/mol. The molecule has 0 aliphatic heterocycles. The zero-order chi connectivity index (χ0) is 12.3. The normalized spacial score (nSPS) is 10.5. The van der Waals surface area contributed by atoms with Crippen molar-refractivity contribution in [3.63, 3.8) is 0 Å².